The first-order valence-electron chi connectivity index (χ1n) is 28.1. The number of ether oxygens (including phenoxy) is 4. The molecule has 0 radical (unpaired) electrons. The summed E-state index contributed by atoms with van der Waals surface area (Å²) < 4.78 is 21.3. The van der Waals surface area contributed by atoms with E-state index in [-0.39, 0.29) is 78.7 Å². The number of hydrogen-bond donors (Lipinski definition) is 4. The Morgan fingerprint density at radius 2 is 1.08 bits per heavy atom. The van der Waals surface area contributed by atoms with Crippen LogP contribution in [0, 0.1) is 33.8 Å². The van der Waals surface area contributed by atoms with Gasteiger partial charge in [-0.3, -0.25) is 39.0 Å². The van der Waals surface area contributed by atoms with Crippen LogP contribution in [-0.4, -0.2) is 162 Å². The van der Waals surface area contributed by atoms with E-state index in [0.717, 1.165) is 11.8 Å². The van der Waals surface area contributed by atoms with E-state index < -0.39 is 129 Å². The first-order valence-corrected chi connectivity index (χ1v) is 29.9. The minimum absolute atomic E-state index is 0.0181. The second-order valence-electron chi connectivity index (χ2n) is 22.2. The van der Waals surface area contributed by atoms with Crippen LogP contribution in [-0.2, 0) is 60.9 Å². The van der Waals surface area contributed by atoms with Crippen LogP contribution >= 0.6 is 23.5 Å². The number of likely N-dealkylation sites (tertiary alicyclic amines) is 2. The summed E-state index contributed by atoms with van der Waals surface area (Å²) in [6.07, 6.45) is -3.07. The zero-order valence-corrected chi connectivity index (χ0v) is 49.7. The highest BCUT2D eigenvalue weighted by Crippen LogP contribution is 2.55. The Hall–Kier alpha value is -8.59. The highest BCUT2D eigenvalue weighted by atomic mass is 32.2. The largest absolute Gasteiger partial charge is 0.465 e. The van der Waals surface area contributed by atoms with Crippen LogP contribution in [0.15, 0.2) is 124 Å². The van der Waals surface area contributed by atoms with E-state index in [0.29, 0.717) is 20.9 Å². The summed E-state index contributed by atoms with van der Waals surface area (Å²) in [5.74, 6) is -8.26. The van der Waals surface area contributed by atoms with Crippen molar-refractivity contribution in [2.45, 2.75) is 101 Å². The van der Waals surface area contributed by atoms with Gasteiger partial charge in [0.2, 0.25) is 23.6 Å². The summed E-state index contributed by atoms with van der Waals surface area (Å²) >= 11 is 2.35. The Bertz CT molecular complexity index is 3530. The number of fused-ring (bicyclic) bond motifs is 2. The molecule has 0 bridgehead atoms. The Morgan fingerprint density at radius 3 is 1.57 bits per heavy atom. The molecule has 0 spiro atoms. The molecule has 4 aromatic carbocycles. The van der Waals surface area contributed by atoms with E-state index in [9.17, 15) is 58.7 Å². The number of non-ortho nitro benzene ring substituents is 1. The summed E-state index contributed by atoms with van der Waals surface area (Å²) in [5.41, 5.74) is 1.50. The molecule has 6 aliphatic rings. The van der Waals surface area contributed by atoms with Crippen molar-refractivity contribution < 1.29 is 77.2 Å². The van der Waals surface area contributed by atoms with Crippen molar-refractivity contribution >= 4 is 94.1 Å². The van der Waals surface area contributed by atoms with Crippen molar-refractivity contribution in [3.05, 3.63) is 157 Å². The van der Waals surface area contributed by atoms with E-state index in [2.05, 4.69) is 10.6 Å². The number of hydrogen-bond acceptors (Lipinski definition) is 19. The fourth-order valence-corrected chi connectivity index (χ4v) is 15.4. The second kappa shape index (κ2) is 25.4. The minimum atomic E-state index is -1.29. The Kier molecular flexibility index (Phi) is 17.9. The molecule has 12 atom stereocenters. The molecule has 4 fully saturated rings. The van der Waals surface area contributed by atoms with Crippen LogP contribution in [0.1, 0.15) is 72.4 Å². The van der Waals surface area contributed by atoms with Gasteiger partial charge in [-0.1, -0.05) is 56.3 Å². The molecule has 4 N–H and O–H groups in total. The Balaban J connectivity index is 0.990. The number of rotatable bonds is 19. The number of anilines is 2. The SMILES string of the molecule is COC(=O)c1cccc(NC(=O)[C@H]2C[C@H](SC3=C(C(=O)OCc4ccc([N+](=O)[O-])cc4)N4C(=O)[C@@H]([C@H](C)O)[C@H]4[C@H]3C)CN2C(=O)C2=C(S[C@H]3C[C@@H](C(=O)Nc4cccc(C(=O)OC)c4)N(C(=O)OCc4ccccc4)C3)[C@H](C)[C@@H]3[C@@H]([C@@H](C)O)C(=O)N23)c1. The number of β-lactam (4-membered cyclic amide) rings is 2. The molecular formula is C61H63N7O17S2. The number of carbonyl (C=O) groups is 9. The predicted molar refractivity (Wildman–Crippen MR) is 314 cm³/mol. The fourth-order valence-electron chi connectivity index (χ4n) is 12.4. The zero-order chi connectivity index (χ0) is 62.3. The van der Waals surface area contributed by atoms with Gasteiger partial charge in [0.15, 0.2) is 0 Å². The van der Waals surface area contributed by atoms with Gasteiger partial charge in [0.05, 0.1) is 66.4 Å². The summed E-state index contributed by atoms with van der Waals surface area (Å²) in [5, 5.41) is 37.5. The van der Waals surface area contributed by atoms with Crippen LogP contribution in [0.3, 0.4) is 0 Å². The average molecular weight is 1230 g/mol. The molecule has 0 aliphatic carbocycles. The lowest BCUT2D eigenvalue weighted by atomic mass is 9.79. The molecule has 0 saturated carbocycles. The molecule has 10 rings (SSSR count). The lowest BCUT2D eigenvalue weighted by Crippen LogP contribution is -2.64. The third-order valence-corrected chi connectivity index (χ3v) is 19.6. The van der Waals surface area contributed by atoms with Crippen LogP contribution in [0.2, 0.25) is 0 Å². The number of thioether (sulfide) groups is 2. The van der Waals surface area contributed by atoms with Gasteiger partial charge in [-0.05, 0) is 86.3 Å². The topological polar surface area (TPSA) is 311 Å². The normalized spacial score (nSPS) is 25.2. The lowest BCUT2D eigenvalue weighted by molar-refractivity contribution is -0.384. The number of aliphatic hydroxyl groups is 2. The molecule has 4 aromatic rings. The summed E-state index contributed by atoms with van der Waals surface area (Å²) in [7, 11) is 2.43. The molecule has 6 heterocycles. The van der Waals surface area contributed by atoms with E-state index in [1.165, 1.54) is 114 Å². The van der Waals surface area contributed by atoms with E-state index in [4.69, 9.17) is 18.9 Å². The van der Waals surface area contributed by atoms with Gasteiger partial charge in [0, 0.05) is 68.7 Å². The average Bonchev–Trinajstić information content (AvgIpc) is 1.65. The Labute approximate surface area is 507 Å². The summed E-state index contributed by atoms with van der Waals surface area (Å²) in [6, 6.07) is 22.5. The maximum atomic E-state index is 15.9. The number of nitrogens with one attached hydrogen (secondary N) is 2. The van der Waals surface area contributed by atoms with Crippen molar-refractivity contribution in [2.75, 3.05) is 37.9 Å². The first kappa shape index (κ1) is 61.5. The van der Waals surface area contributed by atoms with Gasteiger partial charge in [0.1, 0.15) is 36.7 Å². The number of nitro benzene ring substituents is 1. The predicted octanol–water partition coefficient (Wildman–Crippen LogP) is 5.84. The maximum absolute atomic E-state index is 15.9. The van der Waals surface area contributed by atoms with Crippen LogP contribution in [0.5, 0.6) is 0 Å². The molecular weight excluding hydrogens is 1170 g/mol. The van der Waals surface area contributed by atoms with Gasteiger partial charge in [0.25, 0.3) is 11.6 Å². The number of methoxy groups -OCH3 is 2. The highest BCUT2D eigenvalue weighted by Gasteiger charge is 2.63. The van der Waals surface area contributed by atoms with Crippen LogP contribution in [0.4, 0.5) is 21.9 Å². The Morgan fingerprint density at radius 1 is 0.621 bits per heavy atom. The molecule has 4 saturated heterocycles. The second-order valence-corrected chi connectivity index (χ2v) is 24.9. The van der Waals surface area contributed by atoms with Gasteiger partial charge in [-0.2, -0.15) is 0 Å². The monoisotopic (exact) mass is 1230 g/mol. The number of esters is 3. The van der Waals surface area contributed by atoms with Crippen LogP contribution < -0.4 is 10.6 Å². The smallest absolute Gasteiger partial charge is 0.410 e. The molecule has 6 amide bonds. The number of carbonyl (C=O) groups excluding carboxylic acids is 9. The van der Waals surface area contributed by atoms with E-state index >= 15 is 4.79 Å². The van der Waals surface area contributed by atoms with Crippen molar-refractivity contribution in [1.82, 2.24) is 19.6 Å². The highest BCUT2D eigenvalue weighted by molar-refractivity contribution is 8.04. The van der Waals surface area contributed by atoms with Gasteiger partial charge in [-0.25, -0.2) is 19.2 Å². The van der Waals surface area contributed by atoms with Crippen molar-refractivity contribution in [1.29, 1.82) is 0 Å². The van der Waals surface area contributed by atoms with Gasteiger partial charge >= 0.3 is 24.0 Å². The van der Waals surface area contributed by atoms with Gasteiger partial charge in [-0.15, -0.1) is 23.5 Å². The van der Waals surface area contributed by atoms with Crippen molar-refractivity contribution in [3.63, 3.8) is 0 Å². The van der Waals surface area contributed by atoms with Crippen LogP contribution in [0.25, 0.3) is 0 Å². The third-order valence-electron chi connectivity index (χ3n) is 16.7. The molecule has 6 aliphatic heterocycles. The molecule has 24 nitrogen and oxygen atoms in total. The third kappa shape index (κ3) is 12.0. The van der Waals surface area contributed by atoms with Gasteiger partial charge < -0.3 is 54.5 Å². The number of amides is 6. The molecule has 26 heteroatoms. The standard InChI is InChI=1S/C61H63N7O17S2/c1-30-47-45(32(3)69)55(73)66(47)49(51(30)86-42-25-44(54(72)63-39-17-11-15-37(23-39)59(77)83-6)65(27-42)61(79)85-29-34-12-8-7-9-13-34)57(75)64-26-41(24-43(64)53(71)62-38-16-10-14-36(22-38)58(76)82-5)87-52-31(2)48-46(33(4)70)56(74)67(48)50(52)60(78)84-28-35-18-20-40(21-19-35)68(80)81/h7-23,30-33,41-48,69-70H,24-29H2,1-6H3,(H,62,71)(H,63,72)/t30-,31-,32-,33+,41+,42+,43-,44+,45-,46+,47-,48-/m1/s1. The number of benzene rings is 4. The molecule has 456 valence electrons. The summed E-state index contributed by atoms with van der Waals surface area (Å²) in [4.78, 5) is 144. The molecule has 0 unspecified atom stereocenters. The first-order chi connectivity index (χ1) is 41.6. The summed E-state index contributed by atoms with van der Waals surface area (Å²) in [6.45, 7) is 5.88. The quantitative estimate of drug-likeness (QED) is 0.0282. The lowest BCUT2D eigenvalue weighted by Gasteiger charge is -2.47. The van der Waals surface area contributed by atoms with Crippen molar-refractivity contribution in [3.8, 4) is 0 Å². The zero-order valence-electron chi connectivity index (χ0n) is 48.1. The number of nitrogens with zero attached hydrogens (tertiary/aromatic N) is 5. The van der Waals surface area contributed by atoms with Crippen molar-refractivity contribution in [2.24, 2.45) is 23.7 Å². The number of aliphatic hydroxyl groups excluding tert-OH is 2. The molecule has 0 aromatic heterocycles. The minimum Gasteiger partial charge on any atom is -0.465 e. The fraction of sp³-hybridized carbons (Fsp3) is 0.393. The van der Waals surface area contributed by atoms with E-state index in [1.54, 1.807) is 49.4 Å². The maximum Gasteiger partial charge on any atom is 0.410 e. The number of nitro groups is 1. The molecule has 87 heavy (non-hydrogen) atoms. The van der Waals surface area contributed by atoms with E-state index in [1.807, 2.05) is 13.0 Å².